The molecule has 1 amide bonds. The number of carbonyl (C=O) groups is 1. The van der Waals surface area contributed by atoms with E-state index >= 15 is 0 Å². The highest BCUT2D eigenvalue weighted by Gasteiger charge is 2.46. The Morgan fingerprint density at radius 3 is 2.33 bits per heavy atom. The van der Waals surface area contributed by atoms with Gasteiger partial charge in [-0.2, -0.15) is 13.2 Å². The zero-order chi connectivity index (χ0) is 23.3. The van der Waals surface area contributed by atoms with Gasteiger partial charge in [-0.1, -0.05) is 34.6 Å². The molecule has 0 aliphatic carbocycles. The number of hydrogen-bond acceptors (Lipinski definition) is 4. The van der Waals surface area contributed by atoms with Gasteiger partial charge in [0.15, 0.2) is 6.23 Å². The fourth-order valence-corrected chi connectivity index (χ4v) is 3.76. The molecule has 174 valence electrons. The average molecular weight is 434 g/mol. The van der Waals surface area contributed by atoms with Crippen LogP contribution in [0.15, 0.2) is 23.9 Å². The molecule has 0 aromatic rings. The van der Waals surface area contributed by atoms with E-state index in [1.165, 1.54) is 13.0 Å². The Morgan fingerprint density at radius 1 is 1.30 bits per heavy atom. The van der Waals surface area contributed by atoms with Crippen LogP contribution in [0.4, 0.5) is 13.2 Å². The largest absolute Gasteiger partial charge is 0.416 e. The lowest BCUT2D eigenvalue weighted by molar-refractivity contribution is -0.146. The minimum atomic E-state index is -4.40. The fourth-order valence-electron chi connectivity index (χ4n) is 3.76. The summed E-state index contributed by atoms with van der Waals surface area (Å²) >= 11 is 0. The van der Waals surface area contributed by atoms with Gasteiger partial charge in [-0.25, -0.2) is 0 Å². The number of nitrogens with zero attached hydrogens (tertiary/aromatic N) is 2. The number of piperidine rings is 1. The number of primary amides is 1. The molecule has 3 atom stereocenters. The Bertz CT molecular complexity index is 620. The van der Waals surface area contributed by atoms with Gasteiger partial charge in [-0.05, 0) is 49.4 Å². The summed E-state index contributed by atoms with van der Waals surface area (Å²) in [5, 5.41) is 0. The maximum atomic E-state index is 13.7. The van der Waals surface area contributed by atoms with E-state index in [2.05, 4.69) is 31.5 Å². The number of nitrogens with two attached hydrogens (primary N) is 1. The van der Waals surface area contributed by atoms with Crippen LogP contribution in [0, 0.1) is 17.3 Å². The van der Waals surface area contributed by atoms with Crippen LogP contribution in [0.5, 0.6) is 0 Å². The highest BCUT2D eigenvalue weighted by atomic mass is 19.4. The highest BCUT2D eigenvalue weighted by molar-refractivity contribution is 5.70. The first-order valence-corrected chi connectivity index (χ1v) is 10.4. The molecule has 2 aliphatic heterocycles. The number of halogens is 3. The molecule has 5 nitrogen and oxygen atoms in total. The Balaban J connectivity index is 0.00000103. The molecule has 1 saturated heterocycles. The Morgan fingerprint density at radius 2 is 1.87 bits per heavy atom. The molecule has 30 heavy (non-hydrogen) atoms. The summed E-state index contributed by atoms with van der Waals surface area (Å²) in [7, 11) is 2.08. The summed E-state index contributed by atoms with van der Waals surface area (Å²) in [6.45, 7) is 13.6. The predicted molar refractivity (Wildman–Crippen MR) is 113 cm³/mol. The molecule has 0 radical (unpaired) electrons. The van der Waals surface area contributed by atoms with Crippen molar-refractivity contribution in [3.63, 3.8) is 0 Å². The van der Waals surface area contributed by atoms with Crippen molar-refractivity contribution in [3.05, 3.63) is 23.9 Å². The predicted octanol–water partition coefficient (Wildman–Crippen LogP) is 4.16. The van der Waals surface area contributed by atoms with Crippen LogP contribution < -0.4 is 5.73 Å². The SMILES string of the molecule is CC(C)[C@@H]1CN(C)CC[C@H]1N1C=CC=C(C(F)(F)F)C1OCC(C)(C)C.CC(N)=O. The quantitative estimate of drug-likeness (QED) is 0.723. The molecule has 1 fully saturated rings. The zero-order valence-electron chi connectivity index (χ0n) is 19.3. The normalized spacial score (nSPS) is 25.6. The summed E-state index contributed by atoms with van der Waals surface area (Å²) in [4.78, 5) is 13.3. The molecule has 0 aromatic heterocycles. The minimum Gasteiger partial charge on any atom is -0.370 e. The van der Waals surface area contributed by atoms with Crippen molar-refractivity contribution in [3.8, 4) is 0 Å². The molecule has 0 spiro atoms. The summed E-state index contributed by atoms with van der Waals surface area (Å²) in [5.41, 5.74) is 3.67. The number of rotatable bonds is 4. The average Bonchev–Trinajstić information content (AvgIpc) is 2.57. The van der Waals surface area contributed by atoms with E-state index in [4.69, 9.17) is 4.74 Å². The number of amides is 1. The van der Waals surface area contributed by atoms with Crippen LogP contribution in [0.3, 0.4) is 0 Å². The third-order valence-corrected chi connectivity index (χ3v) is 5.13. The van der Waals surface area contributed by atoms with Gasteiger partial charge in [-0.15, -0.1) is 0 Å². The second-order valence-corrected chi connectivity index (χ2v) is 9.77. The van der Waals surface area contributed by atoms with E-state index < -0.39 is 18.0 Å². The molecular formula is C22H38F3N3O2. The molecule has 2 N–H and O–H groups in total. The first kappa shape index (κ1) is 26.5. The van der Waals surface area contributed by atoms with Gasteiger partial charge in [0.2, 0.25) is 5.91 Å². The van der Waals surface area contributed by atoms with Crippen molar-refractivity contribution in [2.45, 2.75) is 66.4 Å². The van der Waals surface area contributed by atoms with Gasteiger partial charge >= 0.3 is 6.18 Å². The van der Waals surface area contributed by atoms with Crippen LogP contribution in [-0.2, 0) is 9.53 Å². The van der Waals surface area contributed by atoms with E-state index in [-0.39, 0.29) is 24.0 Å². The lowest BCUT2D eigenvalue weighted by Gasteiger charge is -2.48. The van der Waals surface area contributed by atoms with Crippen LogP contribution >= 0.6 is 0 Å². The number of carbonyl (C=O) groups excluding carboxylic acids is 1. The summed E-state index contributed by atoms with van der Waals surface area (Å²) in [6.07, 6.45) is -0.185. The number of hydrogen-bond donors (Lipinski definition) is 1. The van der Waals surface area contributed by atoms with E-state index in [9.17, 15) is 18.0 Å². The smallest absolute Gasteiger partial charge is 0.370 e. The van der Waals surface area contributed by atoms with Gasteiger partial charge < -0.3 is 20.3 Å². The van der Waals surface area contributed by atoms with E-state index in [1.807, 2.05) is 25.7 Å². The Kier molecular flexibility index (Phi) is 9.42. The third kappa shape index (κ3) is 8.30. The van der Waals surface area contributed by atoms with Gasteiger partial charge in [0.05, 0.1) is 12.2 Å². The molecule has 1 unspecified atom stereocenters. The number of likely N-dealkylation sites (tertiary alicyclic amines) is 1. The fraction of sp³-hybridized carbons (Fsp3) is 0.773. The van der Waals surface area contributed by atoms with Crippen LogP contribution in [-0.4, -0.2) is 60.9 Å². The molecule has 0 bridgehead atoms. The van der Waals surface area contributed by atoms with Crippen molar-refractivity contribution in [1.82, 2.24) is 9.80 Å². The highest BCUT2D eigenvalue weighted by Crippen LogP contribution is 2.38. The van der Waals surface area contributed by atoms with Crippen LogP contribution in [0.25, 0.3) is 0 Å². The lowest BCUT2D eigenvalue weighted by Crippen LogP contribution is -2.55. The topological polar surface area (TPSA) is 58.8 Å². The van der Waals surface area contributed by atoms with Crippen molar-refractivity contribution >= 4 is 5.91 Å². The maximum absolute atomic E-state index is 13.7. The van der Waals surface area contributed by atoms with E-state index in [1.54, 1.807) is 6.20 Å². The second kappa shape index (κ2) is 10.7. The molecule has 2 rings (SSSR count). The molecule has 0 aromatic carbocycles. The first-order chi connectivity index (χ1) is 13.6. The summed E-state index contributed by atoms with van der Waals surface area (Å²) in [5.74, 6) is 0.353. The molecular weight excluding hydrogens is 395 g/mol. The third-order valence-electron chi connectivity index (χ3n) is 5.13. The van der Waals surface area contributed by atoms with Crippen molar-refractivity contribution < 1.29 is 22.7 Å². The van der Waals surface area contributed by atoms with E-state index in [0.717, 1.165) is 25.6 Å². The Labute approximate surface area is 179 Å². The second-order valence-electron chi connectivity index (χ2n) is 9.77. The minimum absolute atomic E-state index is 0.0402. The van der Waals surface area contributed by atoms with Crippen molar-refractivity contribution in [2.24, 2.45) is 23.0 Å². The van der Waals surface area contributed by atoms with Crippen LogP contribution in [0.1, 0.15) is 48.0 Å². The Hall–Kier alpha value is -1.54. The monoisotopic (exact) mass is 433 g/mol. The number of allylic oxidation sites excluding steroid dienone is 2. The zero-order valence-corrected chi connectivity index (χ0v) is 19.3. The number of alkyl halides is 3. The molecule has 2 heterocycles. The van der Waals surface area contributed by atoms with Gasteiger partial charge in [0.1, 0.15) is 0 Å². The van der Waals surface area contributed by atoms with Crippen LogP contribution in [0.2, 0.25) is 0 Å². The molecule has 2 aliphatic rings. The van der Waals surface area contributed by atoms with Gasteiger partial charge in [0, 0.05) is 25.7 Å². The molecule has 8 heteroatoms. The van der Waals surface area contributed by atoms with Crippen molar-refractivity contribution in [2.75, 3.05) is 26.7 Å². The maximum Gasteiger partial charge on any atom is 0.416 e. The molecule has 0 saturated carbocycles. The van der Waals surface area contributed by atoms with Gasteiger partial charge in [0.25, 0.3) is 0 Å². The van der Waals surface area contributed by atoms with Crippen molar-refractivity contribution in [1.29, 1.82) is 0 Å². The van der Waals surface area contributed by atoms with E-state index in [0.29, 0.717) is 11.8 Å². The summed E-state index contributed by atoms with van der Waals surface area (Å²) < 4.78 is 46.8. The standard InChI is InChI=1S/C20H33F3N2O.C2H5NO/c1-14(2)15-12-24(6)11-9-17(15)25-10-7-8-16(20(21,22)23)18(25)26-13-19(3,4)5;1-2(3)4/h7-8,10,14-15,17-18H,9,11-13H2,1-6H3;1H3,(H2,3,4)/t15-,17+,18?;/m0./s1. The van der Waals surface area contributed by atoms with Gasteiger partial charge in [-0.3, -0.25) is 4.79 Å². The number of ether oxygens (including phenoxy) is 1. The first-order valence-electron chi connectivity index (χ1n) is 10.4. The lowest BCUT2D eigenvalue weighted by atomic mass is 9.82. The summed E-state index contributed by atoms with van der Waals surface area (Å²) in [6, 6.07) is 0.0402.